The highest BCUT2D eigenvalue weighted by Gasteiger charge is 2.25. The summed E-state index contributed by atoms with van der Waals surface area (Å²) in [5, 5.41) is 10.3. The average molecular weight is 470 g/mol. The first-order valence-corrected chi connectivity index (χ1v) is 10.7. The molecule has 3 aromatic rings. The number of fused-ring (bicyclic) bond motifs is 3. The van der Waals surface area contributed by atoms with Crippen LogP contribution in [0.1, 0.15) is 36.7 Å². The molecule has 2 amide bonds. The van der Waals surface area contributed by atoms with Gasteiger partial charge in [0.25, 0.3) is 5.91 Å². The predicted octanol–water partition coefficient (Wildman–Crippen LogP) is 2.51. The van der Waals surface area contributed by atoms with Gasteiger partial charge in [-0.2, -0.15) is 9.61 Å². The van der Waals surface area contributed by atoms with E-state index in [1.165, 1.54) is 22.7 Å². The van der Waals surface area contributed by atoms with Crippen LogP contribution in [0.4, 0.5) is 22.1 Å². The van der Waals surface area contributed by atoms with Crippen LogP contribution in [0.25, 0.3) is 5.65 Å². The van der Waals surface area contributed by atoms with Crippen LogP contribution in [0, 0.1) is 0 Å². The predicted molar refractivity (Wildman–Crippen MR) is 124 cm³/mol. The Kier molecular flexibility index (Phi) is 6.24. The van der Waals surface area contributed by atoms with Crippen molar-refractivity contribution in [3.63, 3.8) is 0 Å². The van der Waals surface area contributed by atoms with E-state index in [9.17, 15) is 9.59 Å². The fourth-order valence-electron chi connectivity index (χ4n) is 3.32. The SMILES string of the molecule is COc1ncc2cc1Nc1cc(N(C)C(=O)OC(C)(C)C)n3ncc(c3n1)C(=O)NCCOC2. The Balaban J connectivity index is 1.86. The third-order valence-electron chi connectivity index (χ3n) is 4.87. The van der Waals surface area contributed by atoms with Gasteiger partial charge in [0, 0.05) is 25.9 Å². The van der Waals surface area contributed by atoms with Gasteiger partial charge in [0.15, 0.2) is 5.65 Å². The first kappa shape index (κ1) is 23.2. The zero-order chi connectivity index (χ0) is 24.5. The maximum Gasteiger partial charge on any atom is 0.415 e. The summed E-state index contributed by atoms with van der Waals surface area (Å²) in [5.41, 5.74) is 1.17. The summed E-state index contributed by atoms with van der Waals surface area (Å²) >= 11 is 0. The summed E-state index contributed by atoms with van der Waals surface area (Å²) in [7, 11) is 3.08. The molecule has 4 heterocycles. The number of anilines is 3. The van der Waals surface area contributed by atoms with Crippen molar-refractivity contribution in [1.82, 2.24) is 24.9 Å². The zero-order valence-electron chi connectivity index (χ0n) is 19.7. The number of amides is 2. The molecular formula is C22H27N7O5. The van der Waals surface area contributed by atoms with Crippen LogP contribution in [0.2, 0.25) is 0 Å². The topological polar surface area (TPSA) is 132 Å². The third kappa shape index (κ3) is 4.86. The largest absolute Gasteiger partial charge is 0.480 e. The highest BCUT2D eigenvalue weighted by Crippen LogP contribution is 2.29. The number of carbonyl (C=O) groups is 2. The van der Waals surface area contributed by atoms with Crippen molar-refractivity contribution in [3.8, 4) is 5.88 Å². The van der Waals surface area contributed by atoms with E-state index in [2.05, 4.69) is 25.7 Å². The molecule has 0 fully saturated rings. The lowest BCUT2D eigenvalue weighted by Gasteiger charge is -2.25. The molecule has 0 radical (unpaired) electrons. The lowest BCUT2D eigenvalue weighted by atomic mass is 10.2. The van der Waals surface area contributed by atoms with E-state index >= 15 is 0 Å². The van der Waals surface area contributed by atoms with E-state index in [4.69, 9.17) is 14.2 Å². The summed E-state index contributed by atoms with van der Waals surface area (Å²) in [6.45, 7) is 6.26. The van der Waals surface area contributed by atoms with Crippen molar-refractivity contribution in [2.45, 2.75) is 33.0 Å². The molecule has 4 bridgehead atoms. The fourth-order valence-corrected chi connectivity index (χ4v) is 3.32. The van der Waals surface area contributed by atoms with Gasteiger partial charge in [-0.05, 0) is 32.4 Å². The van der Waals surface area contributed by atoms with Crippen LogP contribution in [-0.4, -0.2) is 64.5 Å². The molecule has 12 nitrogen and oxygen atoms in total. The second-order valence-electron chi connectivity index (χ2n) is 8.67. The summed E-state index contributed by atoms with van der Waals surface area (Å²) in [5.74, 6) is 0.692. The van der Waals surface area contributed by atoms with Crippen molar-refractivity contribution in [2.75, 3.05) is 37.5 Å². The van der Waals surface area contributed by atoms with E-state index in [0.717, 1.165) is 5.56 Å². The number of aromatic nitrogens is 4. The second kappa shape index (κ2) is 9.14. The number of nitrogens with one attached hydrogen (secondary N) is 2. The molecule has 12 heteroatoms. The van der Waals surface area contributed by atoms with Crippen molar-refractivity contribution in [1.29, 1.82) is 0 Å². The Bertz CT molecular complexity index is 1230. The van der Waals surface area contributed by atoms with Gasteiger partial charge in [0.05, 0.1) is 26.5 Å². The number of rotatable bonds is 2. The van der Waals surface area contributed by atoms with Crippen molar-refractivity contribution >= 4 is 35.0 Å². The Morgan fingerprint density at radius 3 is 2.79 bits per heavy atom. The smallest absolute Gasteiger partial charge is 0.415 e. The minimum atomic E-state index is -0.691. The minimum Gasteiger partial charge on any atom is -0.480 e. The molecule has 2 N–H and O–H groups in total. The molecule has 34 heavy (non-hydrogen) atoms. The first-order chi connectivity index (χ1) is 16.2. The molecule has 0 spiro atoms. The van der Waals surface area contributed by atoms with Crippen LogP contribution in [0.5, 0.6) is 5.88 Å². The third-order valence-corrected chi connectivity index (χ3v) is 4.87. The highest BCUT2D eigenvalue weighted by molar-refractivity contribution is 6.00. The molecule has 1 aliphatic heterocycles. The van der Waals surface area contributed by atoms with Gasteiger partial charge in [-0.25, -0.2) is 14.8 Å². The number of nitrogens with zero attached hydrogens (tertiary/aromatic N) is 5. The normalized spacial score (nSPS) is 14.2. The molecule has 0 aliphatic carbocycles. The summed E-state index contributed by atoms with van der Waals surface area (Å²) < 4.78 is 18.0. The Hall–Kier alpha value is -3.93. The molecule has 3 aromatic heterocycles. The number of hydrogen-bond donors (Lipinski definition) is 2. The van der Waals surface area contributed by atoms with E-state index in [0.29, 0.717) is 43.0 Å². The highest BCUT2D eigenvalue weighted by atomic mass is 16.6. The quantitative estimate of drug-likeness (QED) is 0.581. The van der Waals surface area contributed by atoms with Crippen molar-refractivity contribution in [2.24, 2.45) is 0 Å². The van der Waals surface area contributed by atoms with Crippen LogP contribution < -0.4 is 20.3 Å². The van der Waals surface area contributed by atoms with Gasteiger partial charge in [0.2, 0.25) is 5.88 Å². The lowest BCUT2D eigenvalue weighted by molar-refractivity contribution is 0.0587. The van der Waals surface area contributed by atoms with Crippen LogP contribution in [0.3, 0.4) is 0 Å². The average Bonchev–Trinajstić information content (AvgIpc) is 3.20. The maximum absolute atomic E-state index is 12.8. The minimum absolute atomic E-state index is 0.249. The van der Waals surface area contributed by atoms with E-state index in [1.54, 1.807) is 40.1 Å². The first-order valence-electron chi connectivity index (χ1n) is 10.7. The maximum atomic E-state index is 12.8. The van der Waals surface area contributed by atoms with Gasteiger partial charge >= 0.3 is 6.09 Å². The van der Waals surface area contributed by atoms with Gasteiger partial charge in [-0.1, -0.05) is 0 Å². The molecule has 0 atom stereocenters. The van der Waals surface area contributed by atoms with Crippen LogP contribution in [0.15, 0.2) is 24.5 Å². The van der Waals surface area contributed by atoms with E-state index < -0.39 is 11.7 Å². The number of ether oxygens (including phenoxy) is 3. The molecule has 0 aromatic carbocycles. The second-order valence-corrected chi connectivity index (χ2v) is 8.67. The fraction of sp³-hybridized carbons (Fsp3) is 0.409. The van der Waals surface area contributed by atoms with Crippen molar-refractivity contribution in [3.05, 3.63) is 35.7 Å². The van der Waals surface area contributed by atoms with Gasteiger partial charge in [-0.3, -0.25) is 9.69 Å². The Morgan fingerprint density at radius 1 is 1.26 bits per heavy atom. The number of methoxy groups -OCH3 is 1. The molecule has 180 valence electrons. The van der Waals surface area contributed by atoms with Gasteiger partial charge < -0.3 is 24.8 Å². The zero-order valence-corrected chi connectivity index (χ0v) is 19.7. The Labute approximate surface area is 196 Å². The summed E-state index contributed by atoms with van der Waals surface area (Å²) in [4.78, 5) is 35.9. The summed E-state index contributed by atoms with van der Waals surface area (Å²) in [6.07, 6.45) is 2.48. The molecule has 0 saturated heterocycles. The molecule has 4 rings (SSSR count). The number of hydrogen-bond acceptors (Lipinski definition) is 9. The Morgan fingerprint density at radius 2 is 2.06 bits per heavy atom. The molecule has 1 aliphatic rings. The molecule has 0 saturated carbocycles. The number of pyridine rings is 1. The standard InChI is InChI=1S/C22H27N7O5/c1-22(2,3)34-21(31)28(4)17-9-16-26-15-8-13(10-24-20(15)32-5)12-33-7-6-23-19(30)14-11-25-29(17)18(14)27-16/h8-11H,6-7,12H2,1-5H3,(H,23,30)(H,26,27). The monoisotopic (exact) mass is 469 g/mol. The lowest BCUT2D eigenvalue weighted by Crippen LogP contribution is -2.35. The molecular weight excluding hydrogens is 442 g/mol. The van der Waals surface area contributed by atoms with Crippen LogP contribution in [-0.2, 0) is 16.1 Å². The summed E-state index contributed by atoms with van der Waals surface area (Å²) in [6, 6.07) is 3.47. The molecule has 0 unspecified atom stereocenters. The van der Waals surface area contributed by atoms with E-state index in [1.807, 2.05) is 6.07 Å². The van der Waals surface area contributed by atoms with E-state index in [-0.39, 0.29) is 17.1 Å². The van der Waals surface area contributed by atoms with Gasteiger partial charge in [0.1, 0.15) is 28.5 Å². The van der Waals surface area contributed by atoms with Gasteiger partial charge in [-0.15, -0.1) is 0 Å². The van der Waals surface area contributed by atoms with Crippen LogP contribution >= 0.6 is 0 Å². The number of carbonyl (C=O) groups excluding carboxylic acids is 2. The van der Waals surface area contributed by atoms with Crippen molar-refractivity contribution < 1.29 is 23.8 Å².